The van der Waals surface area contributed by atoms with Crippen LogP contribution in [0.25, 0.3) is 0 Å². The maximum atomic E-state index is 11.2. The maximum absolute atomic E-state index is 11.2. The Morgan fingerprint density at radius 1 is 1.12 bits per heavy atom. The Morgan fingerprint density at radius 3 is 2.19 bits per heavy atom. The van der Waals surface area contributed by atoms with Crippen molar-refractivity contribution in [1.82, 2.24) is 0 Å². The van der Waals surface area contributed by atoms with Crippen molar-refractivity contribution in [1.29, 1.82) is 0 Å². The van der Waals surface area contributed by atoms with Crippen molar-refractivity contribution in [3.63, 3.8) is 0 Å². The van der Waals surface area contributed by atoms with Crippen molar-refractivity contribution >= 4 is 21.8 Å². The Morgan fingerprint density at radius 2 is 1.69 bits per heavy atom. The number of unbranched alkanes of at least 4 members (excludes halogenated alkanes) is 1. The lowest BCUT2D eigenvalue weighted by atomic mass is 10.4. The van der Waals surface area contributed by atoms with E-state index in [-0.39, 0.29) is 6.61 Å². The van der Waals surface area contributed by atoms with Crippen LogP contribution in [0.4, 0.5) is 0 Å². The summed E-state index contributed by atoms with van der Waals surface area (Å²) >= 11 is 0. The summed E-state index contributed by atoms with van der Waals surface area (Å²) in [6.07, 6.45) is 1.53. The van der Waals surface area contributed by atoms with Gasteiger partial charge in [-0.3, -0.25) is 9.59 Å². The molecule has 0 radical (unpaired) electrons. The van der Waals surface area contributed by atoms with Gasteiger partial charge in [-0.25, -0.2) is 8.42 Å². The lowest BCUT2D eigenvalue weighted by Crippen LogP contribution is -2.25. The van der Waals surface area contributed by atoms with Crippen LogP contribution in [0.3, 0.4) is 0 Å². The highest BCUT2D eigenvalue weighted by Gasteiger charge is 2.21. The van der Waals surface area contributed by atoms with E-state index >= 15 is 0 Å². The number of ether oxygens (including phenoxy) is 2. The van der Waals surface area contributed by atoms with Crippen LogP contribution in [-0.2, 0) is 28.9 Å². The molecule has 0 aromatic rings. The second-order valence-corrected chi connectivity index (χ2v) is 5.25. The first-order valence-corrected chi connectivity index (χ1v) is 6.66. The van der Waals surface area contributed by atoms with Crippen molar-refractivity contribution in [2.24, 2.45) is 0 Å². The molecule has 0 atom stereocenters. The van der Waals surface area contributed by atoms with E-state index in [2.05, 4.69) is 9.47 Å². The molecule has 16 heavy (non-hydrogen) atoms. The smallest absolute Gasteiger partial charge is 0.321 e. The molecule has 0 heterocycles. The van der Waals surface area contributed by atoms with Crippen LogP contribution in [0.2, 0.25) is 0 Å². The molecule has 0 aromatic carbocycles. The van der Waals surface area contributed by atoms with Crippen LogP contribution in [-0.4, -0.2) is 45.6 Å². The number of methoxy groups -OCH3 is 1. The zero-order valence-corrected chi connectivity index (χ0v) is 10.2. The van der Waals surface area contributed by atoms with Gasteiger partial charge in [-0.2, -0.15) is 0 Å². The summed E-state index contributed by atoms with van der Waals surface area (Å²) in [7, 11) is -2.70. The first-order valence-electron chi connectivity index (χ1n) is 4.84. The topological polar surface area (TPSA) is 86.7 Å². The highest BCUT2D eigenvalue weighted by atomic mass is 32.2. The van der Waals surface area contributed by atoms with Crippen molar-refractivity contribution in [3.8, 4) is 0 Å². The van der Waals surface area contributed by atoms with Crippen LogP contribution in [0.5, 0.6) is 0 Å². The molecule has 0 aliphatic rings. The minimum Gasteiger partial charge on any atom is -0.468 e. The van der Waals surface area contributed by atoms with Gasteiger partial charge in [0.05, 0.1) is 13.7 Å². The summed E-state index contributed by atoms with van der Waals surface area (Å²) in [6, 6.07) is 0. The van der Waals surface area contributed by atoms with E-state index < -0.39 is 33.3 Å². The largest absolute Gasteiger partial charge is 0.468 e. The van der Waals surface area contributed by atoms with Gasteiger partial charge in [-0.15, -0.1) is 0 Å². The Balaban J connectivity index is 4.06. The molecule has 0 saturated heterocycles. The quantitative estimate of drug-likeness (QED) is 0.465. The fourth-order valence-electron chi connectivity index (χ4n) is 0.841. The molecule has 94 valence electrons. The monoisotopic (exact) mass is 252 g/mol. The molecule has 0 spiro atoms. The number of esters is 2. The fourth-order valence-corrected chi connectivity index (χ4v) is 1.86. The lowest BCUT2D eigenvalue weighted by molar-refractivity contribution is -0.140. The summed E-state index contributed by atoms with van der Waals surface area (Å²) in [5, 5.41) is 0. The summed E-state index contributed by atoms with van der Waals surface area (Å²) in [4.78, 5) is 21.8. The molecule has 7 heteroatoms. The van der Waals surface area contributed by atoms with Crippen LogP contribution >= 0.6 is 0 Å². The lowest BCUT2D eigenvalue weighted by Gasteiger charge is -2.04. The van der Waals surface area contributed by atoms with Gasteiger partial charge in [0.15, 0.2) is 9.84 Å². The summed E-state index contributed by atoms with van der Waals surface area (Å²) in [6.45, 7) is 2.12. The predicted octanol–water partition coefficient (Wildman–Crippen LogP) is -0.0825. The molecule has 6 nitrogen and oxygen atoms in total. The van der Waals surface area contributed by atoms with Gasteiger partial charge in [0.1, 0.15) is 11.5 Å². The van der Waals surface area contributed by atoms with E-state index in [0.29, 0.717) is 6.42 Å². The molecule has 0 saturated carbocycles. The molecular formula is C9H16O6S. The van der Waals surface area contributed by atoms with Crippen LogP contribution in [0.15, 0.2) is 0 Å². The molecule has 0 aliphatic heterocycles. The minimum atomic E-state index is -3.78. The predicted molar refractivity (Wildman–Crippen MR) is 56.5 cm³/mol. The first kappa shape index (κ1) is 14.9. The molecule has 0 amide bonds. The van der Waals surface area contributed by atoms with E-state index in [1.807, 2.05) is 6.92 Å². The maximum Gasteiger partial charge on any atom is 0.321 e. The minimum absolute atomic E-state index is 0.197. The number of hydrogen-bond acceptors (Lipinski definition) is 6. The van der Waals surface area contributed by atoms with E-state index in [0.717, 1.165) is 13.5 Å². The number of hydrogen-bond donors (Lipinski definition) is 0. The van der Waals surface area contributed by atoms with Crippen molar-refractivity contribution in [3.05, 3.63) is 0 Å². The number of carbonyl (C=O) groups is 2. The average molecular weight is 252 g/mol. The standard InChI is InChI=1S/C9H16O6S/c1-3-4-5-15-9(11)7-16(12,13)6-8(10)14-2/h3-7H2,1-2H3. The van der Waals surface area contributed by atoms with E-state index in [1.54, 1.807) is 0 Å². The second kappa shape index (κ2) is 7.21. The Bertz CT molecular complexity index is 332. The third kappa shape index (κ3) is 7.22. The van der Waals surface area contributed by atoms with Crippen LogP contribution < -0.4 is 0 Å². The molecule has 0 unspecified atom stereocenters. The molecule has 0 N–H and O–H groups in total. The van der Waals surface area contributed by atoms with E-state index in [4.69, 9.17) is 0 Å². The van der Waals surface area contributed by atoms with Gasteiger partial charge in [0.25, 0.3) is 0 Å². The zero-order chi connectivity index (χ0) is 12.6. The highest BCUT2D eigenvalue weighted by molar-refractivity contribution is 7.92. The Labute approximate surface area is 94.8 Å². The molecule has 0 aromatic heterocycles. The number of carbonyl (C=O) groups excluding carboxylic acids is 2. The van der Waals surface area contributed by atoms with E-state index in [9.17, 15) is 18.0 Å². The molecule has 0 fully saturated rings. The number of rotatable bonds is 7. The van der Waals surface area contributed by atoms with Gasteiger partial charge >= 0.3 is 11.9 Å². The Kier molecular flexibility index (Phi) is 6.71. The number of sulfone groups is 1. The average Bonchev–Trinajstić information content (AvgIpc) is 2.16. The van der Waals surface area contributed by atoms with Gasteiger partial charge in [-0.1, -0.05) is 13.3 Å². The normalized spacial score (nSPS) is 10.9. The molecule has 0 rings (SSSR count). The third-order valence-corrected chi connectivity index (χ3v) is 3.02. The van der Waals surface area contributed by atoms with Crippen molar-refractivity contribution < 1.29 is 27.5 Å². The molecule has 0 bridgehead atoms. The zero-order valence-electron chi connectivity index (χ0n) is 9.39. The summed E-state index contributed by atoms with van der Waals surface area (Å²) < 4.78 is 31.3. The van der Waals surface area contributed by atoms with Crippen LogP contribution in [0, 0.1) is 0 Å². The van der Waals surface area contributed by atoms with Gasteiger partial charge in [0, 0.05) is 0 Å². The van der Waals surface area contributed by atoms with Gasteiger partial charge in [0.2, 0.25) is 0 Å². The van der Waals surface area contributed by atoms with E-state index in [1.165, 1.54) is 0 Å². The first-order chi connectivity index (χ1) is 7.41. The Hall–Kier alpha value is -1.11. The highest BCUT2D eigenvalue weighted by Crippen LogP contribution is 1.96. The summed E-state index contributed by atoms with van der Waals surface area (Å²) in [5.74, 6) is -3.31. The van der Waals surface area contributed by atoms with Crippen molar-refractivity contribution in [2.45, 2.75) is 19.8 Å². The molecule has 0 aliphatic carbocycles. The molecular weight excluding hydrogens is 236 g/mol. The van der Waals surface area contributed by atoms with Gasteiger partial charge in [-0.05, 0) is 6.42 Å². The van der Waals surface area contributed by atoms with Crippen molar-refractivity contribution in [2.75, 3.05) is 25.2 Å². The van der Waals surface area contributed by atoms with Crippen LogP contribution in [0.1, 0.15) is 19.8 Å². The SMILES string of the molecule is CCCCOC(=O)CS(=O)(=O)CC(=O)OC. The summed E-state index contributed by atoms with van der Waals surface area (Å²) in [5.41, 5.74) is 0. The second-order valence-electron chi connectivity index (χ2n) is 3.18. The third-order valence-electron chi connectivity index (χ3n) is 1.66. The van der Waals surface area contributed by atoms with Gasteiger partial charge < -0.3 is 9.47 Å². The fraction of sp³-hybridized carbons (Fsp3) is 0.778.